The first-order valence-corrected chi connectivity index (χ1v) is 15.3. The van der Waals surface area contributed by atoms with E-state index >= 15 is 0 Å². The van der Waals surface area contributed by atoms with Crippen molar-refractivity contribution < 1.29 is 35.1 Å². The van der Waals surface area contributed by atoms with E-state index in [0.717, 1.165) is 35.8 Å². The van der Waals surface area contributed by atoms with Gasteiger partial charge in [0.15, 0.2) is 0 Å². The zero-order valence-electron chi connectivity index (χ0n) is 25.8. The molecule has 234 valence electrons. The van der Waals surface area contributed by atoms with E-state index in [4.69, 9.17) is 4.74 Å². The second kappa shape index (κ2) is 15.0. The highest BCUT2D eigenvalue weighted by Crippen LogP contribution is 2.66. The molecule has 42 heavy (non-hydrogen) atoms. The van der Waals surface area contributed by atoms with Gasteiger partial charge in [-0.3, -0.25) is 4.79 Å². The largest absolute Gasteiger partial charge is 0.396 e. The summed E-state index contributed by atoms with van der Waals surface area (Å²) >= 11 is 0. The van der Waals surface area contributed by atoms with Gasteiger partial charge in [-0.15, -0.1) is 0 Å². The van der Waals surface area contributed by atoms with Crippen LogP contribution in [0.2, 0.25) is 0 Å². The molecule has 2 fully saturated rings. The maximum Gasteiger partial charge on any atom is 0.145 e. The van der Waals surface area contributed by atoms with Gasteiger partial charge in [-0.2, -0.15) is 0 Å². The van der Waals surface area contributed by atoms with Crippen LogP contribution in [0.4, 0.5) is 0 Å². The molecule has 0 amide bonds. The average Bonchev–Trinajstić information content (AvgIpc) is 3.29. The molecule has 0 saturated heterocycles. The Balaban J connectivity index is 1.99. The Kier molecular flexibility index (Phi) is 12.3. The van der Waals surface area contributed by atoms with Crippen LogP contribution in [-0.2, 0) is 9.53 Å². The van der Waals surface area contributed by atoms with E-state index in [1.807, 2.05) is 32.1 Å². The van der Waals surface area contributed by atoms with Crippen molar-refractivity contribution in [3.05, 3.63) is 70.9 Å². The molecule has 0 radical (unpaired) electrons. The molecule has 0 aromatic heterocycles. The van der Waals surface area contributed by atoms with E-state index in [0.29, 0.717) is 31.3 Å². The van der Waals surface area contributed by atoms with Crippen LogP contribution in [-0.4, -0.2) is 76.1 Å². The summed E-state index contributed by atoms with van der Waals surface area (Å²) in [4.78, 5) is 12.1. The highest BCUT2D eigenvalue weighted by Gasteiger charge is 2.67. The minimum Gasteiger partial charge on any atom is -0.396 e. The summed E-state index contributed by atoms with van der Waals surface area (Å²) in [7, 11) is 0. The Bertz CT molecular complexity index is 1110. The second-order valence-corrected chi connectivity index (χ2v) is 12.9. The second-order valence-electron chi connectivity index (χ2n) is 12.9. The molecule has 7 heteroatoms. The third-order valence-corrected chi connectivity index (χ3v) is 9.73. The van der Waals surface area contributed by atoms with E-state index in [9.17, 15) is 30.3 Å². The molecule has 0 unspecified atom stereocenters. The van der Waals surface area contributed by atoms with Crippen molar-refractivity contribution in [2.75, 3.05) is 26.4 Å². The normalized spacial score (nSPS) is 34.6. The predicted octanol–water partition coefficient (Wildman–Crippen LogP) is 4.37. The van der Waals surface area contributed by atoms with E-state index < -0.39 is 29.8 Å². The van der Waals surface area contributed by atoms with Gasteiger partial charge in [-0.05, 0) is 89.2 Å². The number of aldehydes is 1. The Morgan fingerprint density at radius 1 is 1.24 bits per heavy atom. The van der Waals surface area contributed by atoms with E-state index in [1.165, 1.54) is 5.57 Å². The topological polar surface area (TPSA) is 127 Å². The molecular weight excluding hydrogens is 532 g/mol. The summed E-state index contributed by atoms with van der Waals surface area (Å²) in [5, 5.41) is 53.4. The fraction of sp³-hybridized carbons (Fsp3) is 0.629. The number of hydrogen-bond donors (Lipinski definition) is 5. The Hall–Kier alpha value is -2.13. The number of fused-ring (bicyclic) bond motifs is 3. The molecule has 2 saturated carbocycles. The zero-order chi connectivity index (χ0) is 31.1. The lowest BCUT2D eigenvalue weighted by molar-refractivity contribution is -0.182. The Morgan fingerprint density at radius 2 is 1.98 bits per heavy atom. The van der Waals surface area contributed by atoms with E-state index in [-0.39, 0.29) is 43.5 Å². The van der Waals surface area contributed by atoms with Crippen molar-refractivity contribution >= 4 is 6.29 Å². The van der Waals surface area contributed by atoms with Crippen molar-refractivity contribution in [1.82, 2.24) is 0 Å². The summed E-state index contributed by atoms with van der Waals surface area (Å²) in [6, 6.07) is 0. The van der Waals surface area contributed by atoms with Gasteiger partial charge in [0, 0.05) is 23.9 Å². The maximum atomic E-state index is 12.3. The molecule has 5 N–H and O–H groups in total. The summed E-state index contributed by atoms with van der Waals surface area (Å²) in [5.41, 5.74) is 2.53. The highest BCUT2D eigenvalue weighted by molar-refractivity contribution is 5.74. The van der Waals surface area contributed by atoms with E-state index in [2.05, 4.69) is 38.7 Å². The van der Waals surface area contributed by atoms with Crippen LogP contribution in [0.15, 0.2) is 70.9 Å². The minimum atomic E-state index is -1.21. The van der Waals surface area contributed by atoms with Gasteiger partial charge in [0.05, 0.1) is 31.5 Å². The molecule has 7 nitrogen and oxygen atoms in total. The number of hydrogen-bond acceptors (Lipinski definition) is 7. The molecule has 0 aliphatic heterocycles. The summed E-state index contributed by atoms with van der Waals surface area (Å²) in [5.74, 6) is -0.844. The predicted molar refractivity (Wildman–Crippen MR) is 165 cm³/mol. The molecule has 8 atom stereocenters. The van der Waals surface area contributed by atoms with Crippen LogP contribution in [0.25, 0.3) is 0 Å². The molecule has 0 aromatic rings. The standard InChI is InChI=1S/C35H52O7/c1-23(2)8-6-9-24(3)10-7-11-28(21-42-22-29(39)20-38)30-14-16-35(33(30)40)32-26(15-17-36)12-13-27(18-34(35,5)41)31(32)25(4)19-37/h7-8,10-13,19,26-27,29-30,32-33,36,38-41H,3,6,9,14-18,20-22H2,1-2,4-5H3/b10-7+,28-11-,31-25?/t26-,27-,29+,30-,32-,33+,34+,35+/m0/s1. The van der Waals surface area contributed by atoms with Gasteiger partial charge in [0.25, 0.3) is 0 Å². The average molecular weight is 585 g/mol. The van der Waals surface area contributed by atoms with Crippen LogP contribution in [0, 0.1) is 29.1 Å². The molecule has 0 heterocycles. The lowest BCUT2D eigenvalue weighted by Crippen LogP contribution is -2.63. The first-order valence-electron chi connectivity index (χ1n) is 15.3. The van der Waals surface area contributed by atoms with Crippen molar-refractivity contribution in [1.29, 1.82) is 0 Å². The summed E-state index contributed by atoms with van der Waals surface area (Å²) in [6.07, 6.45) is 14.8. The zero-order valence-corrected chi connectivity index (χ0v) is 25.8. The van der Waals surface area contributed by atoms with Gasteiger partial charge in [-0.25, -0.2) is 0 Å². The Morgan fingerprint density at radius 3 is 2.62 bits per heavy atom. The van der Waals surface area contributed by atoms with Gasteiger partial charge in [0.1, 0.15) is 12.4 Å². The minimum absolute atomic E-state index is 0.0319. The monoisotopic (exact) mass is 584 g/mol. The third kappa shape index (κ3) is 7.32. The number of carbonyl (C=O) groups is 1. The van der Waals surface area contributed by atoms with Gasteiger partial charge in [0.2, 0.25) is 0 Å². The number of aliphatic hydroxyl groups excluding tert-OH is 4. The van der Waals surface area contributed by atoms with Crippen LogP contribution >= 0.6 is 0 Å². The van der Waals surface area contributed by atoms with Gasteiger partial charge in [-0.1, -0.05) is 59.8 Å². The lowest BCUT2D eigenvalue weighted by Gasteiger charge is -2.60. The van der Waals surface area contributed by atoms with Gasteiger partial charge < -0.3 is 30.3 Å². The lowest BCUT2D eigenvalue weighted by atomic mass is 9.46. The number of aliphatic hydroxyl groups is 5. The fourth-order valence-corrected chi connectivity index (χ4v) is 7.72. The van der Waals surface area contributed by atoms with E-state index in [1.54, 1.807) is 0 Å². The fourth-order valence-electron chi connectivity index (χ4n) is 7.72. The number of rotatable bonds is 14. The number of allylic oxidation sites excluding steroid dienone is 10. The SMILES string of the molecule is C=C(/C=C/C=C(/COC[C@H](O)CO)[C@@H]1CC[C@]2([C@@H]1O)[C@@H]1C(=C(C)C=O)[C@@H](C=C[C@H]1CCO)C[C@@]2(C)O)CCC=C(C)C. The number of ether oxygens (including phenoxy) is 1. The smallest absolute Gasteiger partial charge is 0.145 e. The molecule has 3 aliphatic carbocycles. The molecule has 0 aromatic carbocycles. The molecule has 3 rings (SSSR count). The van der Waals surface area contributed by atoms with Crippen molar-refractivity contribution in [3.8, 4) is 0 Å². The van der Waals surface area contributed by atoms with Crippen molar-refractivity contribution in [3.63, 3.8) is 0 Å². The van der Waals surface area contributed by atoms with Crippen LogP contribution in [0.3, 0.4) is 0 Å². The first kappa shape index (κ1) is 34.4. The quantitative estimate of drug-likeness (QED) is 0.0888. The summed E-state index contributed by atoms with van der Waals surface area (Å²) < 4.78 is 5.79. The van der Waals surface area contributed by atoms with Crippen molar-refractivity contribution in [2.45, 2.75) is 84.0 Å². The molecular formula is C35H52O7. The molecule has 3 aliphatic rings. The third-order valence-electron chi connectivity index (χ3n) is 9.73. The Labute approximate surface area is 251 Å². The maximum absolute atomic E-state index is 12.3. The summed E-state index contributed by atoms with van der Waals surface area (Å²) in [6.45, 7) is 11.6. The number of carbonyl (C=O) groups excluding carboxylic acids is 1. The van der Waals surface area contributed by atoms with Crippen LogP contribution in [0.1, 0.15) is 66.2 Å². The highest BCUT2D eigenvalue weighted by atomic mass is 16.5. The molecule has 2 bridgehead atoms. The van der Waals surface area contributed by atoms with Crippen LogP contribution < -0.4 is 0 Å². The van der Waals surface area contributed by atoms with Gasteiger partial charge >= 0.3 is 0 Å². The van der Waals surface area contributed by atoms with Crippen molar-refractivity contribution in [2.24, 2.45) is 29.1 Å². The molecule has 1 spiro atoms. The van der Waals surface area contributed by atoms with Crippen LogP contribution in [0.5, 0.6) is 0 Å². The first-order chi connectivity index (χ1) is 19.9.